The molecule has 2 aromatic carbocycles. The van der Waals surface area contributed by atoms with Crippen LogP contribution in [0, 0.1) is 0 Å². The number of unbranched alkanes of at least 4 members (excludes halogenated alkanes) is 3. The minimum atomic E-state index is -1.42. The van der Waals surface area contributed by atoms with E-state index < -0.39 is 36.6 Å². The molecule has 0 aromatic heterocycles. The van der Waals surface area contributed by atoms with E-state index in [0.29, 0.717) is 30.5 Å². The van der Waals surface area contributed by atoms with Crippen LogP contribution >= 0.6 is 0 Å². The van der Waals surface area contributed by atoms with Gasteiger partial charge in [-0.25, -0.2) is 0 Å². The highest BCUT2D eigenvalue weighted by atomic mass is 16.5. The maximum Gasteiger partial charge on any atom is 0.261 e. The third-order valence-electron chi connectivity index (χ3n) is 6.80. The molecule has 6 atom stereocenters. The smallest absolute Gasteiger partial charge is 0.261 e. The monoisotopic (exact) mass is 499 g/mol. The van der Waals surface area contributed by atoms with Gasteiger partial charge in [-0.3, -0.25) is 14.5 Å². The molecule has 2 aromatic rings. The van der Waals surface area contributed by atoms with Crippen molar-refractivity contribution in [2.24, 2.45) is 0 Å². The van der Waals surface area contributed by atoms with E-state index >= 15 is 0 Å². The number of hydrogen-bond acceptors (Lipinski definition) is 8. The summed E-state index contributed by atoms with van der Waals surface area (Å²) < 4.78 is 11.2. The van der Waals surface area contributed by atoms with E-state index in [2.05, 4.69) is 0 Å². The maximum absolute atomic E-state index is 12.4. The van der Waals surface area contributed by atoms with Crippen molar-refractivity contribution in [2.45, 2.75) is 68.9 Å². The number of carbonyl (C=O) groups excluding carboxylic acids is 2. The Hall–Kier alpha value is -2.66. The van der Waals surface area contributed by atoms with Crippen LogP contribution in [-0.2, 0) is 16.1 Å². The number of ether oxygens (including phenoxy) is 2. The second kappa shape index (κ2) is 12.1. The summed E-state index contributed by atoms with van der Waals surface area (Å²) >= 11 is 0. The lowest BCUT2D eigenvalue weighted by Gasteiger charge is -2.43. The molecule has 9 heteroatoms. The third-order valence-corrected chi connectivity index (χ3v) is 6.80. The highest BCUT2D eigenvalue weighted by molar-refractivity contribution is 6.21. The number of benzene rings is 2. The molecule has 194 valence electrons. The van der Waals surface area contributed by atoms with Gasteiger partial charge in [0, 0.05) is 13.2 Å². The summed E-state index contributed by atoms with van der Waals surface area (Å²) in [7, 11) is 0. The molecule has 9 nitrogen and oxygen atoms in total. The number of aliphatic hydroxyl groups is 4. The van der Waals surface area contributed by atoms with Gasteiger partial charge in [0.15, 0.2) is 0 Å². The van der Waals surface area contributed by atoms with Crippen LogP contribution in [0.25, 0.3) is 0 Å². The lowest BCUT2D eigenvalue weighted by molar-refractivity contribution is -0.248. The van der Waals surface area contributed by atoms with Crippen molar-refractivity contribution >= 4 is 11.8 Å². The van der Waals surface area contributed by atoms with Gasteiger partial charge in [-0.2, -0.15) is 0 Å². The van der Waals surface area contributed by atoms with Crippen molar-refractivity contribution in [3.05, 3.63) is 71.3 Å². The van der Waals surface area contributed by atoms with E-state index in [0.717, 1.165) is 18.4 Å². The number of amides is 2. The number of fused-ring (bicyclic) bond motifs is 1. The first-order valence-corrected chi connectivity index (χ1v) is 12.3. The Morgan fingerprint density at radius 2 is 1.14 bits per heavy atom. The van der Waals surface area contributed by atoms with Crippen molar-refractivity contribution in [3.63, 3.8) is 0 Å². The van der Waals surface area contributed by atoms with Crippen LogP contribution in [-0.4, -0.2) is 86.9 Å². The summed E-state index contributed by atoms with van der Waals surface area (Å²) in [4.78, 5) is 26.0. The highest BCUT2D eigenvalue weighted by Crippen LogP contribution is 2.27. The predicted octanol–water partition coefficient (Wildman–Crippen LogP) is 1.27. The van der Waals surface area contributed by atoms with Crippen LogP contribution in [0.4, 0.5) is 0 Å². The number of imide groups is 1. The van der Waals surface area contributed by atoms with Gasteiger partial charge in [-0.1, -0.05) is 55.3 Å². The Balaban J connectivity index is 1.16. The summed E-state index contributed by atoms with van der Waals surface area (Å²) in [6.07, 6.45) is -5.22. The van der Waals surface area contributed by atoms with Crippen LogP contribution in [0.2, 0.25) is 0 Å². The first-order chi connectivity index (χ1) is 17.4. The first-order valence-electron chi connectivity index (χ1n) is 12.3. The van der Waals surface area contributed by atoms with Crippen molar-refractivity contribution in [1.82, 2.24) is 4.90 Å². The van der Waals surface area contributed by atoms with Crippen molar-refractivity contribution < 1.29 is 39.5 Å². The summed E-state index contributed by atoms with van der Waals surface area (Å²) in [5.74, 6) is -0.523. The molecule has 2 amide bonds. The zero-order valence-corrected chi connectivity index (χ0v) is 20.0. The van der Waals surface area contributed by atoms with Gasteiger partial charge in [0.1, 0.15) is 36.6 Å². The standard InChI is InChI=1S/C27H33NO8/c29-20-22(31)25(36-16-17-10-4-3-5-11-17)23(32)21(30)24(20)35-15-9-2-1-8-14-28-26(33)18-12-6-7-13-19(18)27(28)34/h3-7,10-13,20-25,29-32H,1-2,8-9,14-16H2/t20-,21-,22-,23+,24?,25?/m0/s1. The summed E-state index contributed by atoms with van der Waals surface area (Å²) in [5, 5.41) is 41.9. The van der Waals surface area contributed by atoms with Gasteiger partial charge in [-0.05, 0) is 30.5 Å². The zero-order valence-electron chi connectivity index (χ0n) is 20.0. The second-order valence-corrected chi connectivity index (χ2v) is 9.28. The molecule has 36 heavy (non-hydrogen) atoms. The SMILES string of the molecule is O=C1c2ccccc2C(=O)N1CCCCCCOC1[C@@H](O)[C@H](O)C(OCc2ccccc2)[C@H](O)[C@@H]1O. The lowest BCUT2D eigenvalue weighted by atomic mass is 9.84. The normalized spacial score (nSPS) is 27.9. The van der Waals surface area contributed by atoms with Crippen LogP contribution in [0.5, 0.6) is 0 Å². The molecular weight excluding hydrogens is 466 g/mol. The third kappa shape index (κ3) is 5.67. The molecule has 0 saturated heterocycles. The maximum atomic E-state index is 12.4. The molecule has 4 rings (SSSR count). The predicted molar refractivity (Wildman–Crippen MR) is 129 cm³/mol. The van der Waals surface area contributed by atoms with E-state index in [9.17, 15) is 30.0 Å². The van der Waals surface area contributed by atoms with Crippen molar-refractivity contribution in [3.8, 4) is 0 Å². The Kier molecular flexibility index (Phi) is 8.84. The van der Waals surface area contributed by atoms with Crippen molar-refractivity contribution in [2.75, 3.05) is 13.2 Å². The number of carbonyl (C=O) groups is 2. The number of aliphatic hydroxyl groups excluding tert-OH is 4. The largest absolute Gasteiger partial charge is 0.387 e. The van der Waals surface area contributed by atoms with Crippen LogP contribution < -0.4 is 0 Å². The highest BCUT2D eigenvalue weighted by Gasteiger charge is 2.50. The molecule has 0 spiro atoms. The van der Waals surface area contributed by atoms with Crippen LogP contribution in [0.1, 0.15) is 52.0 Å². The summed E-state index contributed by atoms with van der Waals surface area (Å²) in [6.45, 7) is 0.669. The average Bonchev–Trinajstić information content (AvgIpc) is 3.14. The van der Waals surface area contributed by atoms with Gasteiger partial charge in [0.2, 0.25) is 0 Å². The first kappa shape index (κ1) is 26.4. The fourth-order valence-electron chi connectivity index (χ4n) is 4.73. The molecule has 2 unspecified atom stereocenters. The Bertz CT molecular complexity index is 980. The van der Waals surface area contributed by atoms with Gasteiger partial charge >= 0.3 is 0 Å². The molecule has 1 aliphatic carbocycles. The molecule has 4 N–H and O–H groups in total. The zero-order chi connectivity index (χ0) is 25.7. The van der Waals surface area contributed by atoms with Gasteiger partial charge in [0.05, 0.1) is 17.7 Å². The van der Waals surface area contributed by atoms with Crippen molar-refractivity contribution in [1.29, 1.82) is 0 Å². The molecular formula is C27H33NO8. The topological polar surface area (TPSA) is 137 Å². The van der Waals surface area contributed by atoms with E-state index in [1.807, 2.05) is 30.3 Å². The summed E-state index contributed by atoms with van der Waals surface area (Å²) in [5.41, 5.74) is 1.72. The average molecular weight is 500 g/mol. The second-order valence-electron chi connectivity index (χ2n) is 9.28. The molecule has 1 saturated carbocycles. The number of nitrogens with zero attached hydrogens (tertiary/aromatic N) is 1. The van der Waals surface area contributed by atoms with Crippen LogP contribution in [0.15, 0.2) is 54.6 Å². The van der Waals surface area contributed by atoms with E-state index in [1.165, 1.54) is 4.90 Å². The molecule has 2 aliphatic rings. The summed E-state index contributed by atoms with van der Waals surface area (Å²) in [6, 6.07) is 16.0. The van der Waals surface area contributed by atoms with E-state index in [1.54, 1.807) is 24.3 Å². The van der Waals surface area contributed by atoms with Gasteiger partial charge in [-0.15, -0.1) is 0 Å². The number of rotatable bonds is 11. The molecule has 1 heterocycles. The Morgan fingerprint density at radius 3 is 1.72 bits per heavy atom. The lowest BCUT2D eigenvalue weighted by Crippen LogP contribution is -2.65. The minimum Gasteiger partial charge on any atom is -0.387 e. The Morgan fingerprint density at radius 1 is 0.639 bits per heavy atom. The van der Waals surface area contributed by atoms with E-state index in [4.69, 9.17) is 9.47 Å². The molecule has 0 radical (unpaired) electrons. The van der Waals surface area contributed by atoms with Crippen LogP contribution in [0.3, 0.4) is 0 Å². The number of hydrogen-bond donors (Lipinski definition) is 4. The Labute approximate surface area is 209 Å². The van der Waals surface area contributed by atoms with Gasteiger partial charge in [0.25, 0.3) is 11.8 Å². The fraction of sp³-hybridized carbons (Fsp3) is 0.481. The quantitative estimate of drug-likeness (QED) is 0.268. The minimum absolute atomic E-state index is 0.116. The molecule has 1 aliphatic heterocycles. The van der Waals surface area contributed by atoms with Gasteiger partial charge < -0.3 is 29.9 Å². The van der Waals surface area contributed by atoms with E-state index in [-0.39, 0.29) is 25.0 Å². The molecule has 1 fully saturated rings. The fourth-order valence-corrected chi connectivity index (χ4v) is 4.73. The molecule has 0 bridgehead atoms.